The lowest BCUT2D eigenvalue weighted by Gasteiger charge is -2.32. The van der Waals surface area contributed by atoms with Crippen molar-refractivity contribution in [2.75, 3.05) is 61.8 Å². The summed E-state index contributed by atoms with van der Waals surface area (Å²) in [5, 5.41) is 3.13. The van der Waals surface area contributed by atoms with Crippen molar-refractivity contribution in [1.82, 2.24) is 9.62 Å². The molecule has 1 saturated heterocycles. The van der Waals surface area contributed by atoms with Crippen molar-refractivity contribution in [3.63, 3.8) is 0 Å². The van der Waals surface area contributed by atoms with Gasteiger partial charge >= 0.3 is 0 Å². The molecule has 2 aromatic carbocycles. The van der Waals surface area contributed by atoms with E-state index in [-0.39, 0.29) is 29.3 Å². The number of hydrogen-bond donors (Lipinski definition) is 1. The number of carbonyl (C=O) groups is 1. The lowest BCUT2D eigenvalue weighted by atomic mass is 10.1. The molecule has 2 aliphatic rings. The van der Waals surface area contributed by atoms with E-state index in [1.165, 1.54) is 28.4 Å². The minimum atomic E-state index is -3.68. The first-order valence-electron chi connectivity index (χ1n) is 10.4. The third-order valence-corrected chi connectivity index (χ3v) is 8.81. The molecule has 0 radical (unpaired) electrons. The standard InChI is InChI=1S/C21H26N4O6S2/c1-23(32(2,27)28)18-6-4-3-5-17(18)21(26)25-13-14-31-20-15-16(7-8-19(20)25)33(29,30)24-11-9-22-10-12-24/h3-8,15,22H,9-14H2,1-2H3. The van der Waals surface area contributed by atoms with Crippen molar-refractivity contribution >= 4 is 37.3 Å². The van der Waals surface area contributed by atoms with Gasteiger partial charge in [-0.05, 0) is 24.3 Å². The molecule has 0 atom stereocenters. The molecule has 1 N–H and O–H groups in total. The highest BCUT2D eigenvalue weighted by Gasteiger charge is 2.31. The molecular formula is C21H26N4O6S2. The molecule has 0 spiro atoms. The van der Waals surface area contributed by atoms with Gasteiger partial charge in [0.2, 0.25) is 20.0 Å². The van der Waals surface area contributed by atoms with Gasteiger partial charge in [0.15, 0.2) is 0 Å². The molecule has 1 amide bonds. The summed E-state index contributed by atoms with van der Waals surface area (Å²) < 4.78 is 58.3. The number of sulfonamides is 2. The summed E-state index contributed by atoms with van der Waals surface area (Å²) >= 11 is 0. The Hall–Kier alpha value is -2.67. The molecule has 0 unspecified atom stereocenters. The van der Waals surface area contributed by atoms with Crippen LogP contribution < -0.4 is 19.3 Å². The number of fused-ring (bicyclic) bond motifs is 1. The molecular weight excluding hydrogens is 468 g/mol. The van der Waals surface area contributed by atoms with Gasteiger partial charge in [-0.1, -0.05) is 12.1 Å². The largest absolute Gasteiger partial charge is 0.489 e. The Morgan fingerprint density at radius 2 is 1.73 bits per heavy atom. The predicted octanol–water partition coefficient (Wildman–Crippen LogP) is 0.716. The summed E-state index contributed by atoms with van der Waals surface area (Å²) in [5.74, 6) is -0.108. The Labute approximate surface area is 193 Å². The van der Waals surface area contributed by atoms with E-state index in [1.54, 1.807) is 30.3 Å². The third kappa shape index (κ3) is 4.56. The highest BCUT2D eigenvalue weighted by atomic mass is 32.2. The topological polar surface area (TPSA) is 116 Å². The summed E-state index contributed by atoms with van der Waals surface area (Å²) in [5.41, 5.74) is 0.911. The van der Waals surface area contributed by atoms with Crippen LogP contribution in [0, 0.1) is 0 Å². The van der Waals surface area contributed by atoms with Gasteiger partial charge in [-0.15, -0.1) is 0 Å². The Kier molecular flexibility index (Phi) is 6.36. The van der Waals surface area contributed by atoms with E-state index in [2.05, 4.69) is 5.32 Å². The lowest BCUT2D eigenvalue weighted by molar-refractivity contribution is 0.0977. The van der Waals surface area contributed by atoms with E-state index in [1.807, 2.05) is 0 Å². The Morgan fingerprint density at radius 3 is 2.42 bits per heavy atom. The smallest absolute Gasteiger partial charge is 0.260 e. The van der Waals surface area contributed by atoms with Gasteiger partial charge < -0.3 is 15.0 Å². The van der Waals surface area contributed by atoms with Gasteiger partial charge in [-0.2, -0.15) is 4.31 Å². The number of ether oxygens (including phenoxy) is 1. The van der Waals surface area contributed by atoms with Crippen LogP contribution in [0.4, 0.5) is 11.4 Å². The number of benzene rings is 2. The zero-order valence-electron chi connectivity index (χ0n) is 18.4. The van der Waals surface area contributed by atoms with Gasteiger partial charge in [-0.25, -0.2) is 16.8 Å². The molecule has 2 aliphatic heterocycles. The first-order chi connectivity index (χ1) is 15.6. The maximum atomic E-state index is 13.5. The van der Waals surface area contributed by atoms with Gasteiger partial charge in [-0.3, -0.25) is 9.10 Å². The molecule has 33 heavy (non-hydrogen) atoms. The van der Waals surface area contributed by atoms with Gasteiger partial charge in [0, 0.05) is 39.3 Å². The molecule has 4 rings (SSSR count). The van der Waals surface area contributed by atoms with Crippen LogP contribution in [0.1, 0.15) is 10.4 Å². The molecule has 2 aromatic rings. The second-order valence-corrected chi connectivity index (χ2v) is 11.8. The van der Waals surface area contributed by atoms with E-state index in [0.29, 0.717) is 37.6 Å². The number of nitrogens with one attached hydrogen (secondary N) is 1. The molecule has 2 heterocycles. The minimum absolute atomic E-state index is 0.106. The molecule has 10 nitrogen and oxygen atoms in total. The molecule has 12 heteroatoms. The number of hydrogen-bond acceptors (Lipinski definition) is 7. The maximum Gasteiger partial charge on any atom is 0.260 e. The monoisotopic (exact) mass is 494 g/mol. The minimum Gasteiger partial charge on any atom is -0.489 e. The zero-order valence-corrected chi connectivity index (χ0v) is 20.0. The molecule has 178 valence electrons. The van der Waals surface area contributed by atoms with Crippen molar-refractivity contribution in [3.8, 4) is 5.75 Å². The number of amides is 1. The fourth-order valence-corrected chi connectivity index (χ4v) is 5.83. The number of anilines is 2. The third-order valence-electron chi connectivity index (χ3n) is 5.72. The first-order valence-corrected chi connectivity index (χ1v) is 13.7. The van der Waals surface area contributed by atoms with E-state index >= 15 is 0 Å². The quantitative estimate of drug-likeness (QED) is 0.651. The van der Waals surface area contributed by atoms with E-state index < -0.39 is 26.0 Å². The highest BCUT2D eigenvalue weighted by Crippen LogP contribution is 2.36. The fraction of sp³-hybridized carbons (Fsp3) is 0.381. The first kappa shape index (κ1) is 23.5. The second-order valence-electron chi connectivity index (χ2n) is 7.84. The van der Waals surface area contributed by atoms with Crippen molar-refractivity contribution in [2.24, 2.45) is 0 Å². The van der Waals surface area contributed by atoms with E-state index in [0.717, 1.165) is 10.6 Å². The summed E-state index contributed by atoms with van der Waals surface area (Å²) in [6.07, 6.45) is 1.07. The lowest BCUT2D eigenvalue weighted by Crippen LogP contribution is -2.46. The fourth-order valence-electron chi connectivity index (χ4n) is 3.86. The predicted molar refractivity (Wildman–Crippen MR) is 125 cm³/mol. The molecule has 0 aromatic heterocycles. The number of para-hydroxylation sites is 1. The average molecular weight is 495 g/mol. The van der Waals surface area contributed by atoms with Gasteiger partial charge in [0.05, 0.1) is 34.6 Å². The summed E-state index contributed by atoms with van der Waals surface area (Å²) in [4.78, 5) is 15.0. The van der Waals surface area contributed by atoms with Crippen molar-refractivity contribution in [2.45, 2.75) is 4.90 Å². The normalized spacial score (nSPS) is 17.2. The molecule has 0 saturated carbocycles. The van der Waals surface area contributed by atoms with E-state index in [4.69, 9.17) is 4.74 Å². The van der Waals surface area contributed by atoms with Crippen LogP contribution in [0.2, 0.25) is 0 Å². The number of nitrogens with zero attached hydrogens (tertiary/aromatic N) is 3. The van der Waals surface area contributed by atoms with Gasteiger partial charge in [0.1, 0.15) is 12.4 Å². The zero-order chi connectivity index (χ0) is 23.8. The van der Waals surface area contributed by atoms with Crippen LogP contribution in [0.5, 0.6) is 5.75 Å². The van der Waals surface area contributed by atoms with Crippen LogP contribution in [0.3, 0.4) is 0 Å². The van der Waals surface area contributed by atoms with Crippen LogP contribution in [0.25, 0.3) is 0 Å². The summed E-state index contributed by atoms with van der Waals surface area (Å²) in [7, 11) is -5.87. The van der Waals surface area contributed by atoms with Crippen LogP contribution >= 0.6 is 0 Å². The SMILES string of the molecule is CN(c1ccccc1C(=O)N1CCOc2cc(S(=O)(=O)N3CCNCC3)ccc21)S(C)(=O)=O. The maximum absolute atomic E-state index is 13.5. The molecule has 0 bridgehead atoms. The number of piperazine rings is 1. The van der Waals surface area contributed by atoms with Gasteiger partial charge in [0.25, 0.3) is 5.91 Å². The Morgan fingerprint density at radius 1 is 1.03 bits per heavy atom. The highest BCUT2D eigenvalue weighted by molar-refractivity contribution is 7.92. The van der Waals surface area contributed by atoms with Crippen molar-refractivity contribution in [1.29, 1.82) is 0 Å². The average Bonchev–Trinajstić information content (AvgIpc) is 2.82. The van der Waals surface area contributed by atoms with E-state index in [9.17, 15) is 21.6 Å². The summed E-state index contributed by atoms with van der Waals surface area (Å²) in [6, 6.07) is 10.9. The van der Waals surface area contributed by atoms with Crippen molar-refractivity contribution < 1.29 is 26.4 Å². The van der Waals surface area contributed by atoms with Crippen molar-refractivity contribution in [3.05, 3.63) is 48.0 Å². The van der Waals surface area contributed by atoms with Crippen LogP contribution in [-0.4, -0.2) is 79.7 Å². The van der Waals surface area contributed by atoms with Crippen LogP contribution in [-0.2, 0) is 20.0 Å². The Balaban J connectivity index is 1.68. The number of rotatable bonds is 5. The Bertz CT molecular complexity index is 1270. The summed E-state index contributed by atoms with van der Waals surface area (Å²) in [6.45, 7) is 2.37. The molecule has 0 aliphatic carbocycles. The van der Waals surface area contributed by atoms with Crippen LogP contribution in [0.15, 0.2) is 47.4 Å². The molecule has 1 fully saturated rings. The second kappa shape index (κ2) is 8.93. The number of carbonyl (C=O) groups excluding carboxylic acids is 1.